The van der Waals surface area contributed by atoms with Crippen LogP contribution in [0.3, 0.4) is 0 Å². The number of hydrogen-bond acceptors (Lipinski definition) is 4. The molecule has 2 aromatic rings. The topological polar surface area (TPSA) is 59.0 Å². The van der Waals surface area contributed by atoms with Crippen LogP contribution in [-0.4, -0.2) is 23.6 Å². The quantitative estimate of drug-likeness (QED) is 0.772. The lowest BCUT2D eigenvalue weighted by Crippen LogP contribution is -2.34. The highest BCUT2D eigenvalue weighted by Crippen LogP contribution is 2.37. The number of nitrogens with zero attached hydrogens (tertiary/aromatic N) is 2. The average molecular weight is 363 g/mol. The molecular formula is C17H9ClF2N2O3. The Bertz CT molecular complexity index is 947. The first kappa shape index (κ1) is 15.7. The third kappa shape index (κ3) is 2.31. The number of amides is 2. The third-order valence-electron chi connectivity index (χ3n) is 4.11. The minimum atomic E-state index is -1.19. The van der Waals surface area contributed by atoms with Gasteiger partial charge in [0.05, 0.1) is 5.69 Å². The number of benzene rings is 2. The lowest BCUT2D eigenvalue weighted by Gasteiger charge is -2.16. The summed E-state index contributed by atoms with van der Waals surface area (Å²) in [5.74, 6) is -4.31. The Hall–Kier alpha value is -2.80. The van der Waals surface area contributed by atoms with Crippen molar-refractivity contribution in [3.63, 3.8) is 0 Å². The molecule has 2 aromatic carbocycles. The molecule has 8 heteroatoms. The summed E-state index contributed by atoms with van der Waals surface area (Å²) in [4.78, 5) is 31.1. The average Bonchev–Trinajstić information content (AvgIpc) is 3.10. The maximum absolute atomic E-state index is 14.0. The first-order valence-corrected chi connectivity index (χ1v) is 7.68. The molecule has 0 saturated carbocycles. The Labute approximate surface area is 145 Å². The summed E-state index contributed by atoms with van der Waals surface area (Å²) in [6.07, 6.45) is -1.19. The van der Waals surface area contributed by atoms with E-state index in [1.54, 1.807) is 24.3 Å². The van der Waals surface area contributed by atoms with Gasteiger partial charge in [0.25, 0.3) is 5.91 Å². The van der Waals surface area contributed by atoms with Crippen molar-refractivity contribution in [1.82, 2.24) is 0 Å². The molecule has 25 heavy (non-hydrogen) atoms. The number of anilines is 1. The summed E-state index contributed by atoms with van der Waals surface area (Å²) < 4.78 is 27.1. The van der Waals surface area contributed by atoms with Crippen LogP contribution in [0.5, 0.6) is 0 Å². The summed E-state index contributed by atoms with van der Waals surface area (Å²) in [5.41, 5.74) is 0.339. The van der Waals surface area contributed by atoms with Crippen molar-refractivity contribution in [3.8, 4) is 0 Å². The molecular weight excluding hydrogens is 354 g/mol. The fraction of sp³-hybridized carbons (Fsp3) is 0.118. The fourth-order valence-corrected chi connectivity index (χ4v) is 3.20. The molecule has 0 bridgehead atoms. The number of halogens is 3. The molecule has 1 saturated heterocycles. The van der Waals surface area contributed by atoms with Gasteiger partial charge in [-0.25, -0.2) is 13.7 Å². The van der Waals surface area contributed by atoms with Crippen molar-refractivity contribution in [2.45, 2.75) is 6.10 Å². The van der Waals surface area contributed by atoms with Crippen molar-refractivity contribution in [2.24, 2.45) is 11.1 Å². The van der Waals surface area contributed by atoms with Crippen LogP contribution >= 0.6 is 11.6 Å². The Morgan fingerprint density at radius 2 is 1.84 bits per heavy atom. The molecule has 126 valence electrons. The molecule has 2 aliphatic rings. The minimum absolute atomic E-state index is 0.207. The number of imide groups is 1. The van der Waals surface area contributed by atoms with E-state index in [-0.39, 0.29) is 11.4 Å². The molecule has 2 atom stereocenters. The van der Waals surface area contributed by atoms with Crippen LogP contribution in [0.2, 0.25) is 5.02 Å². The number of oxime groups is 1. The fourth-order valence-electron chi connectivity index (χ4n) is 2.97. The van der Waals surface area contributed by atoms with Gasteiger partial charge in [-0.1, -0.05) is 35.0 Å². The zero-order valence-electron chi connectivity index (χ0n) is 12.4. The molecule has 2 aliphatic heterocycles. The van der Waals surface area contributed by atoms with Gasteiger partial charge in [0.2, 0.25) is 12.0 Å². The molecule has 4 rings (SSSR count). The predicted octanol–water partition coefficient (Wildman–Crippen LogP) is 2.91. The lowest BCUT2D eigenvalue weighted by molar-refractivity contribution is -0.126. The van der Waals surface area contributed by atoms with Gasteiger partial charge in [-0.2, -0.15) is 0 Å². The van der Waals surface area contributed by atoms with Gasteiger partial charge in [-0.3, -0.25) is 9.59 Å². The molecule has 0 radical (unpaired) electrons. The molecule has 0 unspecified atom stereocenters. The van der Waals surface area contributed by atoms with Gasteiger partial charge in [0.15, 0.2) is 0 Å². The Morgan fingerprint density at radius 1 is 1.08 bits per heavy atom. The van der Waals surface area contributed by atoms with Crippen molar-refractivity contribution in [2.75, 3.05) is 4.90 Å². The van der Waals surface area contributed by atoms with E-state index in [9.17, 15) is 18.4 Å². The van der Waals surface area contributed by atoms with E-state index in [2.05, 4.69) is 5.16 Å². The molecule has 2 amide bonds. The van der Waals surface area contributed by atoms with E-state index in [1.165, 1.54) is 0 Å². The molecule has 1 fully saturated rings. The van der Waals surface area contributed by atoms with Crippen LogP contribution in [0.1, 0.15) is 5.56 Å². The van der Waals surface area contributed by atoms with Crippen molar-refractivity contribution in [1.29, 1.82) is 0 Å². The van der Waals surface area contributed by atoms with Gasteiger partial charge in [0, 0.05) is 16.7 Å². The number of rotatable bonds is 2. The highest BCUT2D eigenvalue weighted by atomic mass is 35.5. The number of carbonyl (C=O) groups is 2. The zero-order chi connectivity index (χ0) is 17.7. The lowest BCUT2D eigenvalue weighted by atomic mass is 9.94. The second-order valence-electron chi connectivity index (χ2n) is 5.57. The zero-order valence-corrected chi connectivity index (χ0v) is 13.2. The second kappa shape index (κ2) is 5.63. The number of hydrogen-bond donors (Lipinski definition) is 0. The SMILES string of the molecule is O=C1[C@@H]2C(c3ccccc3Cl)=NO[C@H]2C(=O)N1c1ccc(F)cc1F. The molecule has 5 nitrogen and oxygen atoms in total. The molecule has 0 aliphatic carbocycles. The van der Waals surface area contributed by atoms with E-state index < -0.39 is 35.5 Å². The van der Waals surface area contributed by atoms with Gasteiger partial charge >= 0.3 is 0 Å². The molecule has 0 N–H and O–H groups in total. The summed E-state index contributed by atoms with van der Waals surface area (Å²) in [7, 11) is 0. The van der Waals surface area contributed by atoms with E-state index in [1.807, 2.05) is 0 Å². The van der Waals surface area contributed by atoms with Crippen LogP contribution in [0.15, 0.2) is 47.6 Å². The maximum atomic E-state index is 14.0. The summed E-state index contributed by atoms with van der Waals surface area (Å²) in [6.45, 7) is 0. The first-order chi connectivity index (χ1) is 12.0. The molecule has 0 aromatic heterocycles. The third-order valence-corrected chi connectivity index (χ3v) is 4.44. The number of carbonyl (C=O) groups excluding carboxylic acids is 2. The first-order valence-electron chi connectivity index (χ1n) is 7.30. The van der Waals surface area contributed by atoms with Crippen LogP contribution in [0.4, 0.5) is 14.5 Å². The van der Waals surface area contributed by atoms with Crippen LogP contribution < -0.4 is 4.90 Å². The molecule has 0 spiro atoms. The van der Waals surface area contributed by atoms with E-state index in [0.29, 0.717) is 21.6 Å². The van der Waals surface area contributed by atoms with E-state index in [0.717, 1.165) is 12.1 Å². The van der Waals surface area contributed by atoms with Crippen LogP contribution in [0.25, 0.3) is 0 Å². The standard InChI is InChI=1S/C17H9ClF2N2O3/c18-10-4-2-1-3-9(10)14-13-15(25-21-14)17(24)22(16(13)23)12-6-5-8(19)7-11(12)20/h1-7,13,15H/t13-,15-/m1/s1. The van der Waals surface area contributed by atoms with E-state index >= 15 is 0 Å². The molecule has 2 heterocycles. The van der Waals surface area contributed by atoms with Crippen molar-refractivity contribution >= 4 is 34.8 Å². The van der Waals surface area contributed by atoms with Gasteiger partial charge in [-0.15, -0.1) is 0 Å². The summed E-state index contributed by atoms with van der Waals surface area (Å²) in [5, 5.41) is 4.17. The highest BCUT2D eigenvalue weighted by Gasteiger charge is 2.56. The minimum Gasteiger partial charge on any atom is -0.381 e. The highest BCUT2D eigenvalue weighted by molar-refractivity contribution is 6.38. The van der Waals surface area contributed by atoms with Crippen LogP contribution in [0, 0.1) is 17.6 Å². The van der Waals surface area contributed by atoms with E-state index in [4.69, 9.17) is 16.4 Å². The van der Waals surface area contributed by atoms with Crippen molar-refractivity contribution < 1.29 is 23.2 Å². The van der Waals surface area contributed by atoms with Gasteiger partial charge in [0.1, 0.15) is 23.3 Å². The van der Waals surface area contributed by atoms with Crippen molar-refractivity contribution in [3.05, 3.63) is 64.7 Å². The van der Waals surface area contributed by atoms with Crippen LogP contribution in [-0.2, 0) is 14.4 Å². The second-order valence-corrected chi connectivity index (χ2v) is 5.97. The smallest absolute Gasteiger partial charge is 0.279 e. The van der Waals surface area contributed by atoms with Gasteiger partial charge in [-0.05, 0) is 18.2 Å². The summed E-state index contributed by atoms with van der Waals surface area (Å²) in [6, 6.07) is 9.28. The normalized spacial score (nSPS) is 22.0. The Morgan fingerprint density at radius 3 is 2.56 bits per heavy atom. The van der Waals surface area contributed by atoms with Gasteiger partial charge < -0.3 is 4.84 Å². The Kier molecular flexibility index (Phi) is 3.54. The monoisotopic (exact) mass is 362 g/mol. The maximum Gasteiger partial charge on any atom is 0.279 e. The summed E-state index contributed by atoms with van der Waals surface area (Å²) >= 11 is 6.13. The number of fused-ring (bicyclic) bond motifs is 1. The largest absolute Gasteiger partial charge is 0.381 e. The Balaban J connectivity index is 1.75. The predicted molar refractivity (Wildman–Crippen MR) is 85.2 cm³/mol.